The van der Waals surface area contributed by atoms with E-state index in [1.54, 1.807) is 4.90 Å². The number of quaternary nitrogens is 1. The Labute approximate surface area is 131 Å². The lowest BCUT2D eigenvalue weighted by molar-refractivity contribution is -0.903. The number of carbonyl (C=O) groups is 2. The summed E-state index contributed by atoms with van der Waals surface area (Å²) in [6.07, 6.45) is 0.257. The third-order valence-corrected chi connectivity index (χ3v) is 3.76. The van der Waals surface area contributed by atoms with Crippen molar-refractivity contribution in [2.45, 2.75) is 13.3 Å². The zero-order valence-electron chi connectivity index (χ0n) is 13.0. The molecule has 0 radical (unpaired) electrons. The summed E-state index contributed by atoms with van der Waals surface area (Å²) < 4.78 is 4.99. The summed E-state index contributed by atoms with van der Waals surface area (Å²) in [4.78, 5) is 26.6. The van der Waals surface area contributed by atoms with Gasteiger partial charge in [-0.05, 0) is 19.1 Å². The second-order valence-corrected chi connectivity index (χ2v) is 5.35. The van der Waals surface area contributed by atoms with E-state index in [-0.39, 0.29) is 12.0 Å². The summed E-state index contributed by atoms with van der Waals surface area (Å²) >= 11 is 0. The van der Waals surface area contributed by atoms with Gasteiger partial charge in [-0.2, -0.15) is 0 Å². The minimum Gasteiger partial charge on any atom is -0.450 e. The first kappa shape index (κ1) is 16.3. The zero-order chi connectivity index (χ0) is 15.8. The van der Waals surface area contributed by atoms with E-state index in [9.17, 15) is 9.59 Å². The van der Waals surface area contributed by atoms with E-state index >= 15 is 0 Å². The molecule has 2 N–H and O–H groups in total. The molecule has 0 bridgehead atoms. The van der Waals surface area contributed by atoms with Gasteiger partial charge < -0.3 is 15.0 Å². The van der Waals surface area contributed by atoms with Gasteiger partial charge in [0.1, 0.15) is 0 Å². The van der Waals surface area contributed by atoms with E-state index in [1.165, 1.54) is 4.90 Å². The molecular weight excluding hydrogens is 282 g/mol. The molecule has 22 heavy (non-hydrogen) atoms. The average molecular weight is 306 g/mol. The predicted octanol–water partition coefficient (Wildman–Crippen LogP) is 0.372. The van der Waals surface area contributed by atoms with Gasteiger partial charge in [-0.3, -0.25) is 9.69 Å². The van der Waals surface area contributed by atoms with Crippen LogP contribution in [0.1, 0.15) is 13.3 Å². The molecule has 1 fully saturated rings. The fraction of sp³-hybridized carbons (Fsp3) is 0.500. The van der Waals surface area contributed by atoms with E-state index in [0.29, 0.717) is 26.1 Å². The number of hydrogen-bond acceptors (Lipinski definition) is 3. The fourth-order valence-electron chi connectivity index (χ4n) is 2.51. The highest BCUT2D eigenvalue weighted by Crippen LogP contribution is 2.04. The van der Waals surface area contributed by atoms with Crippen molar-refractivity contribution in [1.29, 1.82) is 0 Å². The maximum absolute atomic E-state index is 11.9. The Kier molecular flexibility index (Phi) is 6.21. The van der Waals surface area contributed by atoms with Gasteiger partial charge in [-0.15, -0.1) is 0 Å². The first-order valence-electron chi connectivity index (χ1n) is 7.79. The van der Waals surface area contributed by atoms with E-state index in [2.05, 4.69) is 5.32 Å². The quantitative estimate of drug-likeness (QED) is 0.826. The summed E-state index contributed by atoms with van der Waals surface area (Å²) in [7, 11) is 0. The number of hydrogen-bond donors (Lipinski definition) is 2. The first-order chi connectivity index (χ1) is 10.7. The molecule has 6 nitrogen and oxygen atoms in total. The summed E-state index contributed by atoms with van der Waals surface area (Å²) in [5.41, 5.74) is 0.828. The third-order valence-electron chi connectivity index (χ3n) is 3.76. The van der Waals surface area contributed by atoms with Gasteiger partial charge in [0, 0.05) is 5.69 Å². The van der Waals surface area contributed by atoms with Crippen molar-refractivity contribution in [2.24, 2.45) is 0 Å². The molecule has 0 aromatic heterocycles. The molecule has 120 valence electrons. The number of piperazine rings is 1. The molecule has 0 saturated carbocycles. The van der Waals surface area contributed by atoms with Gasteiger partial charge in [0.25, 0.3) is 0 Å². The van der Waals surface area contributed by atoms with Crippen molar-refractivity contribution in [3.8, 4) is 0 Å². The molecule has 1 heterocycles. The molecule has 2 amide bonds. The maximum Gasteiger partial charge on any atom is 0.410 e. The number of anilines is 1. The molecule has 0 unspecified atom stereocenters. The molecule has 1 aromatic carbocycles. The summed E-state index contributed by atoms with van der Waals surface area (Å²) in [6, 6.07) is 9.47. The number of ether oxygens (including phenoxy) is 1. The molecule has 2 rings (SSSR count). The second kappa shape index (κ2) is 8.38. The van der Waals surface area contributed by atoms with Crippen molar-refractivity contribution < 1.29 is 19.2 Å². The molecule has 1 aromatic rings. The molecule has 0 spiro atoms. The van der Waals surface area contributed by atoms with E-state index in [1.807, 2.05) is 37.3 Å². The summed E-state index contributed by atoms with van der Waals surface area (Å²) in [5.74, 6) is 0.0338. The lowest BCUT2D eigenvalue weighted by Crippen LogP contribution is -3.15. The van der Waals surface area contributed by atoms with Crippen LogP contribution >= 0.6 is 0 Å². The van der Waals surface area contributed by atoms with Crippen LogP contribution in [-0.4, -0.2) is 56.2 Å². The monoisotopic (exact) mass is 306 g/mol. The highest BCUT2D eigenvalue weighted by Gasteiger charge is 2.24. The Morgan fingerprint density at radius 3 is 2.55 bits per heavy atom. The Balaban J connectivity index is 1.66. The number of rotatable bonds is 5. The second-order valence-electron chi connectivity index (χ2n) is 5.35. The number of nitrogens with one attached hydrogen (secondary N) is 2. The summed E-state index contributed by atoms with van der Waals surface area (Å²) in [6.45, 7) is 6.10. The van der Waals surface area contributed by atoms with E-state index in [4.69, 9.17) is 4.74 Å². The highest BCUT2D eigenvalue weighted by molar-refractivity contribution is 5.90. The molecule has 6 heteroatoms. The number of carbonyl (C=O) groups excluding carboxylic acids is 2. The average Bonchev–Trinajstić information content (AvgIpc) is 2.54. The van der Waals surface area contributed by atoms with E-state index in [0.717, 1.165) is 25.3 Å². The van der Waals surface area contributed by atoms with Crippen LogP contribution in [0.5, 0.6) is 0 Å². The highest BCUT2D eigenvalue weighted by atomic mass is 16.6. The van der Waals surface area contributed by atoms with E-state index < -0.39 is 0 Å². The van der Waals surface area contributed by atoms with Gasteiger partial charge >= 0.3 is 6.09 Å². The number of amides is 2. The minimum atomic E-state index is -0.233. The van der Waals surface area contributed by atoms with Crippen LogP contribution in [-0.2, 0) is 9.53 Å². The Hall–Kier alpha value is -2.08. The van der Waals surface area contributed by atoms with Crippen LogP contribution < -0.4 is 10.2 Å². The van der Waals surface area contributed by atoms with Crippen LogP contribution in [0.3, 0.4) is 0 Å². The van der Waals surface area contributed by atoms with Crippen LogP contribution in [0.25, 0.3) is 0 Å². The third kappa shape index (κ3) is 5.04. The Bertz CT molecular complexity index is 485. The van der Waals surface area contributed by atoms with Gasteiger partial charge in [-0.1, -0.05) is 18.2 Å². The maximum atomic E-state index is 11.9. The van der Waals surface area contributed by atoms with Crippen molar-refractivity contribution in [1.82, 2.24) is 4.90 Å². The van der Waals surface area contributed by atoms with Crippen LogP contribution in [0.2, 0.25) is 0 Å². The van der Waals surface area contributed by atoms with Gasteiger partial charge in [0.05, 0.1) is 45.8 Å². The molecule has 1 aliphatic heterocycles. The number of benzene rings is 1. The van der Waals surface area contributed by atoms with Crippen molar-refractivity contribution in [3.63, 3.8) is 0 Å². The summed E-state index contributed by atoms with van der Waals surface area (Å²) in [5, 5.41) is 2.89. The van der Waals surface area contributed by atoms with Crippen LogP contribution in [0, 0.1) is 0 Å². The fourth-order valence-corrected chi connectivity index (χ4v) is 2.51. The molecule has 0 atom stereocenters. The topological polar surface area (TPSA) is 63.1 Å². The lowest BCUT2D eigenvalue weighted by atomic mass is 10.2. The van der Waals surface area contributed by atoms with Crippen LogP contribution in [0.4, 0.5) is 10.5 Å². The van der Waals surface area contributed by atoms with Gasteiger partial charge in [0.2, 0.25) is 5.91 Å². The van der Waals surface area contributed by atoms with Crippen molar-refractivity contribution in [2.75, 3.05) is 44.6 Å². The number of nitrogens with zero attached hydrogens (tertiary/aromatic N) is 1. The van der Waals surface area contributed by atoms with Crippen LogP contribution in [0.15, 0.2) is 30.3 Å². The molecule has 1 saturated heterocycles. The minimum absolute atomic E-state index is 0.0338. The molecule has 1 aliphatic rings. The van der Waals surface area contributed by atoms with Gasteiger partial charge in [0.15, 0.2) is 0 Å². The largest absolute Gasteiger partial charge is 0.450 e. The smallest absolute Gasteiger partial charge is 0.410 e. The lowest BCUT2D eigenvalue weighted by Gasteiger charge is -2.31. The standard InChI is InChI=1S/C16H23N3O3/c1-2-22-16(21)19-12-10-18(11-13-19)9-8-15(20)17-14-6-4-3-5-7-14/h3-7H,2,8-13H2,1H3,(H,17,20)/p+1. The first-order valence-corrected chi connectivity index (χ1v) is 7.79. The van der Waals surface area contributed by atoms with Crippen molar-refractivity contribution >= 4 is 17.7 Å². The van der Waals surface area contributed by atoms with Gasteiger partial charge in [-0.25, -0.2) is 4.79 Å². The number of para-hydroxylation sites is 1. The Morgan fingerprint density at radius 2 is 1.91 bits per heavy atom. The Morgan fingerprint density at radius 1 is 1.23 bits per heavy atom. The van der Waals surface area contributed by atoms with Crippen molar-refractivity contribution in [3.05, 3.63) is 30.3 Å². The normalized spacial score (nSPS) is 15.4. The molecular formula is C16H24N3O3+. The molecule has 0 aliphatic carbocycles. The zero-order valence-corrected chi connectivity index (χ0v) is 13.0. The SMILES string of the molecule is CCOC(=O)N1CC[NH+](CCC(=O)Nc2ccccc2)CC1. The predicted molar refractivity (Wildman–Crippen MR) is 83.8 cm³/mol.